The van der Waals surface area contributed by atoms with Crippen molar-refractivity contribution in [3.63, 3.8) is 0 Å². The first-order valence-corrected chi connectivity index (χ1v) is 7.51. The number of alkyl halides is 3. The Balaban J connectivity index is 0.000000541. The number of thiol groups is 1. The third kappa shape index (κ3) is 4.85. The van der Waals surface area contributed by atoms with Crippen LogP contribution in [0.1, 0.15) is 16.7 Å². The lowest BCUT2D eigenvalue weighted by molar-refractivity contribution is -0.138. The number of nitrogens with two attached hydrogens (primary N) is 1. The van der Waals surface area contributed by atoms with Crippen LogP contribution in [-0.2, 0) is 17.1 Å². The second-order valence-electron chi connectivity index (χ2n) is 4.56. The molecule has 0 heterocycles. The summed E-state index contributed by atoms with van der Waals surface area (Å²) in [5, 5.41) is 4.06. The normalized spacial score (nSPS) is 11.0. The summed E-state index contributed by atoms with van der Waals surface area (Å²) in [6.45, 7) is 3.25. The van der Waals surface area contributed by atoms with Crippen LogP contribution in [0, 0.1) is 13.8 Å². The largest absolute Gasteiger partial charge is 0.416 e. The van der Waals surface area contributed by atoms with E-state index in [1.165, 1.54) is 6.92 Å². The van der Waals surface area contributed by atoms with Crippen LogP contribution in [0.3, 0.4) is 0 Å². The van der Waals surface area contributed by atoms with E-state index in [4.69, 9.17) is 8.42 Å². The predicted octanol–water partition coefficient (Wildman–Crippen LogP) is 3.46. The molecule has 0 spiro atoms. The molecule has 0 aliphatic carbocycles. The minimum atomic E-state index is -4.29. The van der Waals surface area contributed by atoms with E-state index < -0.39 is 22.6 Å². The number of hydrogen-bond donors (Lipinski definition) is 2. The molecule has 0 fully saturated rings. The molecule has 2 rings (SSSR count). The van der Waals surface area contributed by atoms with Crippen LogP contribution in [0.2, 0.25) is 0 Å². The van der Waals surface area contributed by atoms with Gasteiger partial charge in [0.1, 0.15) is 0 Å². The van der Waals surface area contributed by atoms with Gasteiger partial charge in [-0.2, -0.15) is 13.2 Å². The molecule has 2 N–H and O–H groups in total. The summed E-state index contributed by atoms with van der Waals surface area (Å²) in [5.74, 6) is 0. The zero-order chi connectivity index (χ0) is 16.9. The number of benzene rings is 2. The van der Waals surface area contributed by atoms with Crippen molar-refractivity contribution in [1.29, 1.82) is 0 Å². The second kappa shape index (κ2) is 7.42. The van der Waals surface area contributed by atoms with E-state index in [-0.39, 0.29) is 0 Å². The Morgan fingerprint density at radius 1 is 0.909 bits per heavy atom. The summed E-state index contributed by atoms with van der Waals surface area (Å²) in [6, 6.07) is 12.1. The van der Waals surface area contributed by atoms with Crippen molar-refractivity contribution in [2.24, 2.45) is 5.14 Å². The molecule has 0 saturated heterocycles. The van der Waals surface area contributed by atoms with Gasteiger partial charge in [-0.15, -0.1) is 0 Å². The molecular weight excluding hydrogens is 315 g/mol. The van der Waals surface area contributed by atoms with Gasteiger partial charge < -0.3 is 0 Å². The van der Waals surface area contributed by atoms with E-state index in [1.54, 1.807) is 13.0 Å². The number of halogens is 3. The maximum absolute atomic E-state index is 12.8. The van der Waals surface area contributed by atoms with Crippen molar-refractivity contribution in [3.05, 3.63) is 59.2 Å². The van der Waals surface area contributed by atoms with E-state index in [2.05, 4.69) is 5.14 Å². The average molecular weight is 331 g/mol. The van der Waals surface area contributed by atoms with Gasteiger partial charge in [0.05, 0.1) is 5.56 Å². The molecule has 0 radical (unpaired) electrons. The number of rotatable bonds is 1. The summed E-state index contributed by atoms with van der Waals surface area (Å²) in [6.07, 6.45) is -4.29. The highest BCUT2D eigenvalue weighted by Crippen LogP contribution is 2.36. The summed E-state index contributed by atoms with van der Waals surface area (Å²) >= 11 is 0. The molecular formula is C15H16F3NO2S. The van der Waals surface area contributed by atoms with Crippen LogP contribution in [-0.4, -0.2) is 8.42 Å². The smallest absolute Gasteiger partial charge is 0.231 e. The van der Waals surface area contributed by atoms with Crippen LogP contribution < -0.4 is 5.14 Å². The molecule has 3 nitrogen and oxygen atoms in total. The standard InChI is InChI=1S/C15H13F3.H3NO2S/c1-10-11(2)14(15(16,17)18)9-8-13(10)12-6-4-3-5-7-12;1-4(2)3/h3-9H,1-2H3;4H,(H2,1,2,3). The Morgan fingerprint density at radius 3 is 1.86 bits per heavy atom. The summed E-state index contributed by atoms with van der Waals surface area (Å²) < 4.78 is 55.9. The van der Waals surface area contributed by atoms with Crippen LogP contribution >= 0.6 is 0 Å². The summed E-state index contributed by atoms with van der Waals surface area (Å²) in [7, 11) is -2.62. The molecule has 22 heavy (non-hydrogen) atoms. The maximum Gasteiger partial charge on any atom is 0.416 e. The van der Waals surface area contributed by atoms with Gasteiger partial charge in [0.2, 0.25) is 0 Å². The Hall–Kier alpha value is -1.86. The molecule has 0 aromatic heterocycles. The van der Waals surface area contributed by atoms with E-state index in [0.29, 0.717) is 11.1 Å². The van der Waals surface area contributed by atoms with Crippen LogP contribution in [0.25, 0.3) is 11.1 Å². The predicted molar refractivity (Wildman–Crippen MR) is 80.9 cm³/mol. The first-order chi connectivity index (χ1) is 10.1. The lowest BCUT2D eigenvalue weighted by atomic mass is 9.93. The Bertz CT molecular complexity index is 703. The molecule has 0 aliphatic rings. The van der Waals surface area contributed by atoms with Crippen LogP contribution in [0.15, 0.2) is 42.5 Å². The Kier molecular flexibility index (Phi) is 6.13. The quantitative estimate of drug-likeness (QED) is 0.786. The third-order valence-corrected chi connectivity index (χ3v) is 3.18. The second-order valence-corrected chi connectivity index (χ2v) is 5.13. The van der Waals surface area contributed by atoms with Gasteiger partial charge in [-0.1, -0.05) is 36.4 Å². The zero-order valence-corrected chi connectivity index (χ0v) is 12.9. The van der Waals surface area contributed by atoms with E-state index in [0.717, 1.165) is 17.2 Å². The Labute approximate surface area is 128 Å². The minimum Gasteiger partial charge on any atom is -0.231 e. The van der Waals surface area contributed by atoms with Crippen LogP contribution in [0.4, 0.5) is 13.2 Å². The van der Waals surface area contributed by atoms with Crippen molar-refractivity contribution >= 4 is 10.9 Å². The van der Waals surface area contributed by atoms with Crippen molar-refractivity contribution in [2.45, 2.75) is 20.0 Å². The molecule has 0 saturated carbocycles. The zero-order valence-electron chi connectivity index (χ0n) is 12.0. The van der Waals surface area contributed by atoms with Gasteiger partial charge in [0, 0.05) is 0 Å². The fourth-order valence-electron chi connectivity index (χ4n) is 2.06. The summed E-state index contributed by atoms with van der Waals surface area (Å²) in [4.78, 5) is 0. The molecule has 0 bridgehead atoms. The van der Waals surface area contributed by atoms with E-state index >= 15 is 0 Å². The van der Waals surface area contributed by atoms with Gasteiger partial charge >= 0.3 is 6.18 Å². The van der Waals surface area contributed by atoms with Crippen molar-refractivity contribution < 1.29 is 21.6 Å². The van der Waals surface area contributed by atoms with Crippen molar-refractivity contribution in [3.8, 4) is 11.1 Å². The number of hydrogen-bond acceptors (Lipinski definition) is 2. The van der Waals surface area contributed by atoms with Gasteiger partial charge in [-0.3, -0.25) is 0 Å². The first-order valence-electron chi connectivity index (χ1n) is 6.26. The maximum atomic E-state index is 12.8. The molecule has 0 amide bonds. The third-order valence-electron chi connectivity index (χ3n) is 3.18. The molecule has 2 aromatic carbocycles. The monoisotopic (exact) mass is 331 g/mol. The van der Waals surface area contributed by atoms with Gasteiger partial charge in [-0.05, 0) is 42.2 Å². The highest BCUT2D eigenvalue weighted by atomic mass is 32.2. The molecule has 120 valence electrons. The van der Waals surface area contributed by atoms with Crippen molar-refractivity contribution in [1.82, 2.24) is 0 Å². The first kappa shape index (κ1) is 18.2. The van der Waals surface area contributed by atoms with Gasteiger partial charge in [0.25, 0.3) is 0 Å². The van der Waals surface area contributed by atoms with E-state index in [9.17, 15) is 13.2 Å². The fraction of sp³-hybridized carbons (Fsp3) is 0.200. The molecule has 0 atom stereocenters. The van der Waals surface area contributed by atoms with Crippen LogP contribution in [0.5, 0.6) is 0 Å². The van der Waals surface area contributed by atoms with Gasteiger partial charge in [-0.25, -0.2) is 13.6 Å². The molecule has 0 unspecified atom stereocenters. The molecule has 0 aliphatic heterocycles. The van der Waals surface area contributed by atoms with Crippen molar-refractivity contribution in [2.75, 3.05) is 0 Å². The molecule has 2 aromatic rings. The highest BCUT2D eigenvalue weighted by molar-refractivity contribution is 7.69. The average Bonchev–Trinajstić information content (AvgIpc) is 2.40. The van der Waals surface area contributed by atoms with Gasteiger partial charge in [0.15, 0.2) is 10.9 Å². The fourth-order valence-corrected chi connectivity index (χ4v) is 2.06. The van der Waals surface area contributed by atoms with E-state index in [1.807, 2.05) is 30.3 Å². The SMILES string of the molecule is Cc1c(-c2ccccc2)ccc(C(F)(F)F)c1C.N[SH](=O)=O. The lowest BCUT2D eigenvalue weighted by Crippen LogP contribution is -2.08. The molecule has 7 heteroatoms. The Morgan fingerprint density at radius 2 is 1.41 bits per heavy atom. The topological polar surface area (TPSA) is 60.2 Å². The highest BCUT2D eigenvalue weighted by Gasteiger charge is 2.33. The minimum absolute atomic E-state index is 0.295. The lowest BCUT2D eigenvalue weighted by Gasteiger charge is -2.15. The summed E-state index contributed by atoms with van der Waals surface area (Å²) in [5.41, 5.74) is 2.20.